The highest BCUT2D eigenvalue weighted by molar-refractivity contribution is 6.40. The summed E-state index contributed by atoms with van der Waals surface area (Å²) in [5, 5.41) is 8.75. The molecular formula is C10H10O4. The molecular weight excluding hydrogens is 184 g/mol. The van der Waals surface area contributed by atoms with Crippen LogP contribution in [0.25, 0.3) is 0 Å². The van der Waals surface area contributed by atoms with Gasteiger partial charge in [0.1, 0.15) is 0 Å². The summed E-state index contributed by atoms with van der Waals surface area (Å²) in [6.45, 7) is -0.0906. The highest BCUT2D eigenvalue weighted by Gasteiger charge is 2.15. The number of methoxy groups -OCH3 is 1. The summed E-state index contributed by atoms with van der Waals surface area (Å²) in [6, 6.07) is 6.11. The number of hydrogen-bond donors (Lipinski definition) is 1. The Morgan fingerprint density at radius 3 is 2.29 bits per heavy atom. The van der Waals surface area contributed by atoms with Gasteiger partial charge in [-0.25, -0.2) is 4.79 Å². The summed E-state index contributed by atoms with van der Waals surface area (Å²) >= 11 is 0. The number of aliphatic hydroxyl groups is 1. The van der Waals surface area contributed by atoms with Gasteiger partial charge in [-0.15, -0.1) is 0 Å². The lowest BCUT2D eigenvalue weighted by atomic mass is 10.1. The number of Topliss-reactive ketones (excluding diaryl/α,β-unsaturated/α-hetero) is 1. The number of carbonyl (C=O) groups excluding carboxylic acids is 2. The minimum absolute atomic E-state index is 0.0906. The van der Waals surface area contributed by atoms with Crippen LogP contribution in [0.3, 0.4) is 0 Å². The average Bonchev–Trinajstić information content (AvgIpc) is 2.27. The standard InChI is InChI=1S/C10H10O4/c1-14-10(13)9(12)8-4-2-7(6-11)3-5-8/h2-5,11H,6H2,1H3. The molecule has 0 saturated heterocycles. The zero-order valence-corrected chi connectivity index (χ0v) is 7.69. The van der Waals surface area contributed by atoms with Crippen LogP contribution < -0.4 is 0 Å². The summed E-state index contributed by atoms with van der Waals surface area (Å²) in [5.41, 5.74) is 0.945. The molecule has 0 fully saturated rings. The fourth-order valence-corrected chi connectivity index (χ4v) is 0.972. The van der Waals surface area contributed by atoms with Gasteiger partial charge in [-0.3, -0.25) is 4.79 Å². The molecule has 1 aromatic rings. The number of rotatable bonds is 3. The predicted octanol–water partition coefficient (Wildman–Crippen LogP) is 0.535. The van der Waals surface area contributed by atoms with E-state index in [1.54, 1.807) is 12.1 Å². The normalized spacial score (nSPS) is 9.57. The van der Waals surface area contributed by atoms with E-state index in [9.17, 15) is 9.59 Å². The highest BCUT2D eigenvalue weighted by atomic mass is 16.5. The first-order valence-electron chi connectivity index (χ1n) is 4.01. The molecule has 4 heteroatoms. The lowest BCUT2D eigenvalue weighted by Crippen LogP contribution is -2.15. The Balaban J connectivity index is 2.87. The van der Waals surface area contributed by atoms with Crippen LogP contribution in [0.1, 0.15) is 15.9 Å². The molecule has 0 heterocycles. The molecule has 0 aromatic heterocycles. The third-order valence-electron chi connectivity index (χ3n) is 1.77. The van der Waals surface area contributed by atoms with Gasteiger partial charge >= 0.3 is 5.97 Å². The average molecular weight is 194 g/mol. The van der Waals surface area contributed by atoms with E-state index in [1.165, 1.54) is 12.1 Å². The van der Waals surface area contributed by atoms with E-state index in [2.05, 4.69) is 4.74 Å². The molecule has 0 bridgehead atoms. The highest BCUT2D eigenvalue weighted by Crippen LogP contribution is 2.05. The molecule has 4 nitrogen and oxygen atoms in total. The molecule has 74 valence electrons. The zero-order chi connectivity index (χ0) is 10.6. The first kappa shape index (κ1) is 10.4. The molecule has 0 atom stereocenters. The third kappa shape index (κ3) is 2.17. The van der Waals surface area contributed by atoms with Gasteiger partial charge in [0.2, 0.25) is 0 Å². The van der Waals surface area contributed by atoms with Crippen molar-refractivity contribution in [3.8, 4) is 0 Å². The smallest absolute Gasteiger partial charge is 0.379 e. The fourth-order valence-electron chi connectivity index (χ4n) is 0.972. The zero-order valence-electron chi connectivity index (χ0n) is 7.69. The molecule has 0 saturated carbocycles. The predicted molar refractivity (Wildman–Crippen MR) is 48.7 cm³/mol. The van der Waals surface area contributed by atoms with Crippen LogP contribution in [0.2, 0.25) is 0 Å². The van der Waals surface area contributed by atoms with E-state index in [4.69, 9.17) is 5.11 Å². The van der Waals surface area contributed by atoms with Crippen molar-refractivity contribution in [2.24, 2.45) is 0 Å². The van der Waals surface area contributed by atoms with Gasteiger partial charge in [-0.2, -0.15) is 0 Å². The van der Waals surface area contributed by atoms with Gasteiger partial charge in [0.15, 0.2) is 0 Å². The number of esters is 1. The summed E-state index contributed by atoms with van der Waals surface area (Å²) < 4.78 is 4.29. The lowest BCUT2D eigenvalue weighted by Gasteiger charge is -1.99. The molecule has 0 radical (unpaired) electrons. The Morgan fingerprint density at radius 1 is 1.29 bits per heavy atom. The number of hydrogen-bond acceptors (Lipinski definition) is 4. The minimum atomic E-state index is -0.887. The van der Waals surface area contributed by atoms with Crippen LogP contribution in [0.15, 0.2) is 24.3 Å². The largest absolute Gasteiger partial charge is 0.463 e. The van der Waals surface area contributed by atoms with Gasteiger partial charge in [0, 0.05) is 5.56 Å². The quantitative estimate of drug-likeness (QED) is 0.433. The molecule has 0 spiro atoms. The molecule has 0 aliphatic rings. The van der Waals surface area contributed by atoms with E-state index in [1.807, 2.05) is 0 Å². The maximum Gasteiger partial charge on any atom is 0.379 e. The number of ether oxygens (including phenoxy) is 1. The lowest BCUT2D eigenvalue weighted by molar-refractivity contribution is -0.135. The van der Waals surface area contributed by atoms with Crippen molar-refractivity contribution >= 4 is 11.8 Å². The minimum Gasteiger partial charge on any atom is -0.463 e. The fraction of sp³-hybridized carbons (Fsp3) is 0.200. The van der Waals surface area contributed by atoms with Gasteiger partial charge in [0.25, 0.3) is 5.78 Å². The summed E-state index contributed by atoms with van der Waals surface area (Å²) in [5.74, 6) is -1.57. The second kappa shape index (κ2) is 4.53. The second-order valence-electron chi connectivity index (χ2n) is 2.68. The van der Waals surface area contributed by atoms with Crippen molar-refractivity contribution in [2.45, 2.75) is 6.61 Å². The summed E-state index contributed by atoms with van der Waals surface area (Å²) in [6.07, 6.45) is 0. The first-order chi connectivity index (χ1) is 6.69. The molecule has 1 aromatic carbocycles. The van der Waals surface area contributed by atoms with Crippen LogP contribution in [-0.4, -0.2) is 24.0 Å². The Morgan fingerprint density at radius 2 is 1.86 bits per heavy atom. The van der Waals surface area contributed by atoms with Crippen molar-refractivity contribution in [1.82, 2.24) is 0 Å². The second-order valence-corrected chi connectivity index (χ2v) is 2.68. The molecule has 1 N–H and O–H groups in total. The van der Waals surface area contributed by atoms with Crippen molar-refractivity contribution in [3.05, 3.63) is 35.4 Å². The molecule has 0 aliphatic heterocycles. The van der Waals surface area contributed by atoms with Crippen molar-refractivity contribution < 1.29 is 19.4 Å². The summed E-state index contributed by atoms with van der Waals surface area (Å²) in [4.78, 5) is 22.1. The molecule has 0 aliphatic carbocycles. The van der Waals surface area contributed by atoms with Gasteiger partial charge in [-0.1, -0.05) is 24.3 Å². The topological polar surface area (TPSA) is 63.6 Å². The van der Waals surface area contributed by atoms with Crippen molar-refractivity contribution in [1.29, 1.82) is 0 Å². The molecule has 0 amide bonds. The number of carbonyl (C=O) groups is 2. The molecule has 0 unspecified atom stereocenters. The van der Waals surface area contributed by atoms with E-state index in [0.717, 1.165) is 7.11 Å². The van der Waals surface area contributed by atoms with Gasteiger partial charge in [-0.05, 0) is 5.56 Å². The van der Waals surface area contributed by atoms with Crippen molar-refractivity contribution in [3.63, 3.8) is 0 Å². The molecule has 1 rings (SSSR count). The maximum atomic E-state index is 11.2. The Kier molecular flexibility index (Phi) is 3.36. The van der Waals surface area contributed by atoms with Crippen molar-refractivity contribution in [2.75, 3.05) is 7.11 Å². The van der Waals surface area contributed by atoms with E-state index in [-0.39, 0.29) is 12.2 Å². The Labute approximate surface area is 81.1 Å². The molecule has 14 heavy (non-hydrogen) atoms. The third-order valence-corrected chi connectivity index (χ3v) is 1.77. The first-order valence-corrected chi connectivity index (χ1v) is 4.01. The van der Waals surface area contributed by atoms with Gasteiger partial charge in [0.05, 0.1) is 13.7 Å². The maximum absolute atomic E-state index is 11.2. The van der Waals surface area contributed by atoms with Gasteiger partial charge < -0.3 is 9.84 Å². The SMILES string of the molecule is COC(=O)C(=O)c1ccc(CO)cc1. The summed E-state index contributed by atoms with van der Waals surface area (Å²) in [7, 11) is 1.16. The van der Waals surface area contributed by atoms with Crippen LogP contribution in [0.5, 0.6) is 0 Å². The van der Waals surface area contributed by atoms with E-state index < -0.39 is 11.8 Å². The van der Waals surface area contributed by atoms with Crippen LogP contribution in [-0.2, 0) is 16.1 Å². The van der Waals surface area contributed by atoms with Crippen LogP contribution >= 0.6 is 0 Å². The number of aliphatic hydroxyl groups excluding tert-OH is 1. The number of ketones is 1. The Bertz CT molecular complexity index is 340. The monoisotopic (exact) mass is 194 g/mol. The van der Waals surface area contributed by atoms with E-state index in [0.29, 0.717) is 5.56 Å². The van der Waals surface area contributed by atoms with E-state index >= 15 is 0 Å². The van der Waals surface area contributed by atoms with Crippen LogP contribution in [0, 0.1) is 0 Å². The number of benzene rings is 1. The van der Waals surface area contributed by atoms with Crippen LogP contribution in [0.4, 0.5) is 0 Å². The Hall–Kier alpha value is -1.68.